The zero-order valence-corrected chi connectivity index (χ0v) is 20.5. The average molecular weight is 506 g/mol. The summed E-state index contributed by atoms with van der Waals surface area (Å²) < 4.78 is 41.5. The molecule has 1 aliphatic rings. The zero-order valence-electron chi connectivity index (χ0n) is 18.8. The predicted molar refractivity (Wildman–Crippen MR) is 126 cm³/mol. The SMILES string of the molecule is Cc1ncc(-c2cc3sc(C(C(=O)NCC(=O)NC4CC4)S(=O)(=O)C(C)C)nc3cc2F)cn1. The lowest BCUT2D eigenvalue weighted by molar-refractivity contribution is -0.126. The van der Waals surface area contributed by atoms with Crippen LogP contribution >= 0.6 is 11.3 Å². The van der Waals surface area contributed by atoms with Crippen molar-refractivity contribution in [3.8, 4) is 11.1 Å². The lowest BCUT2D eigenvalue weighted by Gasteiger charge is -2.17. The number of thiazole rings is 1. The number of hydrogen-bond donors (Lipinski definition) is 2. The number of nitrogens with zero attached hydrogens (tertiary/aromatic N) is 3. The second kappa shape index (κ2) is 9.34. The van der Waals surface area contributed by atoms with Crippen LogP contribution in [0.2, 0.25) is 0 Å². The number of halogens is 1. The van der Waals surface area contributed by atoms with Crippen molar-refractivity contribution < 1.29 is 22.4 Å². The van der Waals surface area contributed by atoms with Crippen molar-refractivity contribution in [2.45, 2.75) is 50.2 Å². The van der Waals surface area contributed by atoms with Crippen LogP contribution in [-0.4, -0.2) is 53.0 Å². The van der Waals surface area contributed by atoms with Gasteiger partial charge in [0.1, 0.15) is 16.6 Å². The average Bonchev–Trinajstić information content (AvgIpc) is 3.49. The molecule has 2 aromatic heterocycles. The third-order valence-corrected chi connectivity index (χ3v) is 9.04. The number of rotatable bonds is 8. The van der Waals surface area contributed by atoms with Crippen LogP contribution in [0, 0.1) is 12.7 Å². The third-order valence-electron chi connectivity index (χ3n) is 5.40. The first-order valence-corrected chi connectivity index (χ1v) is 13.2. The fraction of sp³-hybridized carbons (Fsp3) is 0.409. The molecule has 0 saturated heterocycles. The number of hydrogen-bond acceptors (Lipinski definition) is 8. The van der Waals surface area contributed by atoms with E-state index in [0.717, 1.165) is 24.2 Å². The van der Waals surface area contributed by atoms with Crippen molar-refractivity contribution >= 4 is 43.2 Å². The highest BCUT2D eigenvalue weighted by atomic mass is 32.2. The molecule has 1 aliphatic carbocycles. The molecule has 0 radical (unpaired) electrons. The lowest BCUT2D eigenvalue weighted by Crippen LogP contribution is -2.42. The summed E-state index contributed by atoms with van der Waals surface area (Å²) in [4.78, 5) is 37.4. The van der Waals surface area contributed by atoms with Gasteiger partial charge in [-0.2, -0.15) is 0 Å². The van der Waals surface area contributed by atoms with Gasteiger partial charge in [0.25, 0.3) is 0 Å². The van der Waals surface area contributed by atoms with Crippen LogP contribution in [-0.2, 0) is 19.4 Å². The van der Waals surface area contributed by atoms with Crippen LogP contribution in [0.1, 0.15) is 42.8 Å². The van der Waals surface area contributed by atoms with Gasteiger partial charge < -0.3 is 10.6 Å². The van der Waals surface area contributed by atoms with Gasteiger partial charge in [-0.05, 0) is 39.7 Å². The van der Waals surface area contributed by atoms with Gasteiger partial charge in [0.2, 0.25) is 11.8 Å². The summed E-state index contributed by atoms with van der Waals surface area (Å²) >= 11 is 0.994. The molecule has 0 spiro atoms. The van der Waals surface area contributed by atoms with E-state index in [-0.39, 0.29) is 34.6 Å². The Bertz CT molecular complexity index is 1350. The highest BCUT2D eigenvalue weighted by Crippen LogP contribution is 2.36. The molecule has 12 heteroatoms. The van der Waals surface area contributed by atoms with E-state index < -0.39 is 32.1 Å². The summed E-state index contributed by atoms with van der Waals surface area (Å²) in [6.45, 7) is 4.32. The number of aromatic nitrogens is 3. The summed E-state index contributed by atoms with van der Waals surface area (Å²) in [5.41, 5.74) is 0.940. The first kappa shape index (κ1) is 24.1. The number of fused-ring (bicyclic) bond motifs is 1. The van der Waals surface area contributed by atoms with E-state index in [0.29, 0.717) is 16.1 Å². The highest BCUT2D eigenvalue weighted by Gasteiger charge is 2.39. The Morgan fingerprint density at radius 3 is 2.50 bits per heavy atom. The minimum atomic E-state index is -3.98. The number of nitrogens with one attached hydrogen (secondary N) is 2. The minimum Gasteiger partial charge on any atom is -0.352 e. The molecule has 4 rings (SSSR count). The molecule has 3 aromatic rings. The number of amides is 2. The van der Waals surface area contributed by atoms with Gasteiger partial charge >= 0.3 is 0 Å². The molecule has 1 aromatic carbocycles. The Balaban J connectivity index is 1.68. The van der Waals surface area contributed by atoms with E-state index in [1.54, 1.807) is 13.0 Å². The molecule has 9 nitrogen and oxygen atoms in total. The summed E-state index contributed by atoms with van der Waals surface area (Å²) in [5.74, 6) is -1.25. The topological polar surface area (TPSA) is 131 Å². The van der Waals surface area contributed by atoms with Crippen molar-refractivity contribution in [3.05, 3.63) is 41.2 Å². The number of aryl methyl sites for hydroxylation is 1. The van der Waals surface area contributed by atoms with E-state index >= 15 is 0 Å². The van der Waals surface area contributed by atoms with E-state index in [2.05, 4.69) is 25.6 Å². The molecule has 1 saturated carbocycles. The summed E-state index contributed by atoms with van der Waals surface area (Å²) in [7, 11) is -3.98. The second-order valence-corrected chi connectivity index (χ2v) is 12.1. The first-order valence-electron chi connectivity index (χ1n) is 10.7. The zero-order chi connectivity index (χ0) is 24.6. The summed E-state index contributed by atoms with van der Waals surface area (Å²) in [5, 5.41) is 2.68. The number of benzene rings is 1. The maximum absolute atomic E-state index is 14.8. The van der Waals surface area contributed by atoms with Gasteiger partial charge in [-0.15, -0.1) is 11.3 Å². The van der Waals surface area contributed by atoms with Crippen LogP contribution < -0.4 is 10.6 Å². The van der Waals surface area contributed by atoms with Crippen molar-refractivity contribution in [2.24, 2.45) is 0 Å². The fourth-order valence-electron chi connectivity index (χ4n) is 3.27. The van der Waals surface area contributed by atoms with E-state index in [9.17, 15) is 22.4 Å². The molecular weight excluding hydrogens is 481 g/mol. The van der Waals surface area contributed by atoms with Crippen LogP contribution in [0.3, 0.4) is 0 Å². The predicted octanol–water partition coefficient (Wildman–Crippen LogP) is 2.46. The van der Waals surface area contributed by atoms with Crippen molar-refractivity contribution in [2.75, 3.05) is 6.54 Å². The van der Waals surface area contributed by atoms with Crippen molar-refractivity contribution in [1.29, 1.82) is 0 Å². The minimum absolute atomic E-state index is 0.0144. The van der Waals surface area contributed by atoms with Gasteiger partial charge in [0.05, 0.1) is 22.0 Å². The van der Waals surface area contributed by atoms with Crippen LogP contribution in [0.25, 0.3) is 21.3 Å². The lowest BCUT2D eigenvalue weighted by atomic mass is 10.1. The molecule has 2 amide bonds. The number of sulfone groups is 1. The van der Waals surface area contributed by atoms with Gasteiger partial charge in [0, 0.05) is 35.6 Å². The molecule has 1 atom stereocenters. The standard InChI is InChI=1S/C22H24FN5O4S2/c1-11(2)34(31,32)20(21(30)26-10-19(29)27-14-4-5-14)22-28-17-7-16(23)15(6-18(17)33-22)13-8-24-12(3)25-9-13/h6-9,11,14,20H,4-5,10H2,1-3H3,(H,26,30)(H,27,29). The smallest absolute Gasteiger partial charge is 0.245 e. The summed E-state index contributed by atoms with van der Waals surface area (Å²) in [6.07, 6.45) is 4.79. The maximum atomic E-state index is 14.8. The van der Waals surface area contributed by atoms with Gasteiger partial charge in [-0.1, -0.05) is 0 Å². The Hall–Kier alpha value is -2.99. The Morgan fingerprint density at radius 2 is 1.88 bits per heavy atom. The second-order valence-electron chi connectivity index (χ2n) is 8.45. The Morgan fingerprint density at radius 1 is 1.21 bits per heavy atom. The van der Waals surface area contributed by atoms with E-state index in [1.165, 1.54) is 32.3 Å². The van der Waals surface area contributed by atoms with Crippen molar-refractivity contribution in [1.82, 2.24) is 25.6 Å². The molecule has 0 bridgehead atoms. The van der Waals surface area contributed by atoms with Crippen LogP contribution in [0.4, 0.5) is 4.39 Å². The Labute approximate surface area is 200 Å². The quantitative estimate of drug-likeness (QED) is 0.481. The largest absolute Gasteiger partial charge is 0.352 e. The summed E-state index contributed by atoms with van der Waals surface area (Å²) in [6, 6.07) is 2.86. The maximum Gasteiger partial charge on any atom is 0.245 e. The van der Waals surface area contributed by atoms with Gasteiger partial charge in [-0.25, -0.2) is 27.8 Å². The van der Waals surface area contributed by atoms with Crippen LogP contribution in [0.5, 0.6) is 0 Å². The fourth-order valence-corrected chi connectivity index (χ4v) is 6.05. The van der Waals surface area contributed by atoms with Crippen LogP contribution in [0.15, 0.2) is 24.5 Å². The molecule has 34 heavy (non-hydrogen) atoms. The van der Waals surface area contributed by atoms with Crippen molar-refractivity contribution in [3.63, 3.8) is 0 Å². The molecule has 1 unspecified atom stereocenters. The van der Waals surface area contributed by atoms with Gasteiger partial charge in [0.15, 0.2) is 15.1 Å². The molecule has 1 fully saturated rings. The highest BCUT2D eigenvalue weighted by molar-refractivity contribution is 7.93. The normalized spacial score (nSPS) is 14.9. The molecule has 2 N–H and O–H groups in total. The molecule has 0 aliphatic heterocycles. The monoisotopic (exact) mass is 505 g/mol. The molecular formula is C22H24FN5O4S2. The third kappa shape index (κ3) is 5.07. The molecule has 180 valence electrons. The molecule has 2 heterocycles. The Kier molecular flexibility index (Phi) is 6.63. The van der Waals surface area contributed by atoms with Gasteiger partial charge in [-0.3, -0.25) is 9.59 Å². The van der Waals surface area contributed by atoms with E-state index in [1.807, 2.05) is 0 Å². The van der Waals surface area contributed by atoms with E-state index in [4.69, 9.17) is 0 Å². The number of carbonyl (C=O) groups excluding carboxylic acids is 2. The first-order chi connectivity index (χ1) is 16.1. The number of carbonyl (C=O) groups is 2.